The first-order valence-electron chi connectivity index (χ1n) is 6.10. The van der Waals surface area contributed by atoms with E-state index in [4.69, 9.17) is 10.5 Å². The fraction of sp³-hybridized carbons (Fsp3) is 0.286. The van der Waals surface area contributed by atoms with Crippen LogP contribution in [0.2, 0.25) is 0 Å². The van der Waals surface area contributed by atoms with E-state index in [2.05, 4.69) is 5.32 Å². The number of hydrogen-bond donors (Lipinski definition) is 2. The summed E-state index contributed by atoms with van der Waals surface area (Å²) in [6.07, 6.45) is 3.32. The molecule has 5 heteroatoms. The van der Waals surface area contributed by atoms with Crippen LogP contribution in [0.3, 0.4) is 0 Å². The van der Waals surface area contributed by atoms with Gasteiger partial charge in [0.2, 0.25) is 5.91 Å². The third-order valence-electron chi connectivity index (χ3n) is 2.26. The summed E-state index contributed by atoms with van der Waals surface area (Å²) in [4.78, 5) is 22.4. The van der Waals surface area contributed by atoms with Crippen molar-refractivity contribution in [3.63, 3.8) is 0 Å². The molecule has 1 aromatic rings. The molecule has 0 heterocycles. The molecule has 19 heavy (non-hydrogen) atoms. The van der Waals surface area contributed by atoms with Crippen LogP contribution < -0.4 is 11.1 Å². The molecule has 3 N–H and O–H groups in total. The third-order valence-corrected chi connectivity index (χ3v) is 2.26. The first-order chi connectivity index (χ1) is 9.15. The molecule has 0 aliphatic heterocycles. The molecule has 1 amide bonds. The molecular formula is C14H18N2O3. The number of rotatable bonds is 6. The van der Waals surface area contributed by atoms with Gasteiger partial charge in [-0.2, -0.15) is 0 Å². The van der Waals surface area contributed by atoms with Crippen molar-refractivity contribution in [1.82, 2.24) is 0 Å². The predicted molar refractivity (Wildman–Crippen MR) is 74.4 cm³/mol. The molecule has 0 unspecified atom stereocenters. The molecule has 5 nitrogen and oxygen atoms in total. The summed E-state index contributed by atoms with van der Waals surface area (Å²) in [5.41, 5.74) is 6.84. The smallest absolute Gasteiger partial charge is 0.330 e. The average molecular weight is 262 g/mol. The van der Waals surface area contributed by atoms with Gasteiger partial charge in [-0.15, -0.1) is 0 Å². The lowest BCUT2D eigenvalue weighted by Crippen LogP contribution is -2.15. The topological polar surface area (TPSA) is 81.4 Å². The van der Waals surface area contributed by atoms with E-state index in [1.165, 1.54) is 6.08 Å². The fourth-order valence-corrected chi connectivity index (χ4v) is 1.39. The lowest BCUT2D eigenvalue weighted by Gasteiger charge is -2.04. The predicted octanol–water partition coefficient (Wildman–Crippen LogP) is 1.55. The largest absolute Gasteiger partial charge is 0.463 e. The molecule has 0 bridgehead atoms. The van der Waals surface area contributed by atoms with Gasteiger partial charge >= 0.3 is 5.97 Å². The maximum absolute atomic E-state index is 11.3. The number of anilines is 1. The lowest BCUT2D eigenvalue weighted by atomic mass is 10.2. The monoisotopic (exact) mass is 262 g/mol. The number of nitrogens with one attached hydrogen (secondary N) is 1. The Morgan fingerprint density at radius 3 is 2.58 bits per heavy atom. The molecule has 102 valence electrons. The van der Waals surface area contributed by atoms with E-state index in [0.29, 0.717) is 25.3 Å². The van der Waals surface area contributed by atoms with Crippen LogP contribution in [0, 0.1) is 0 Å². The van der Waals surface area contributed by atoms with Crippen LogP contribution in [0.25, 0.3) is 6.08 Å². The minimum atomic E-state index is -0.372. The number of amides is 1. The highest BCUT2D eigenvalue weighted by atomic mass is 16.5. The van der Waals surface area contributed by atoms with Crippen molar-refractivity contribution in [3.8, 4) is 0 Å². The van der Waals surface area contributed by atoms with Gasteiger partial charge in [0, 0.05) is 24.7 Å². The summed E-state index contributed by atoms with van der Waals surface area (Å²) < 4.78 is 4.77. The van der Waals surface area contributed by atoms with Crippen molar-refractivity contribution >= 4 is 23.6 Å². The van der Waals surface area contributed by atoms with Crippen LogP contribution in [0.1, 0.15) is 18.9 Å². The van der Waals surface area contributed by atoms with Crippen LogP contribution in [0.4, 0.5) is 5.69 Å². The minimum absolute atomic E-state index is 0.114. The Hall–Kier alpha value is -2.14. The van der Waals surface area contributed by atoms with Gasteiger partial charge < -0.3 is 15.8 Å². The van der Waals surface area contributed by atoms with E-state index < -0.39 is 0 Å². The number of ether oxygens (including phenoxy) is 1. The molecule has 1 rings (SSSR count). The van der Waals surface area contributed by atoms with E-state index in [9.17, 15) is 9.59 Å². The number of benzene rings is 1. The molecule has 0 aliphatic carbocycles. The second-order valence-corrected chi connectivity index (χ2v) is 3.79. The second-order valence-electron chi connectivity index (χ2n) is 3.79. The van der Waals surface area contributed by atoms with Crippen molar-refractivity contribution in [3.05, 3.63) is 35.9 Å². The Labute approximate surface area is 112 Å². The molecule has 0 saturated carbocycles. The Bertz CT molecular complexity index is 452. The first kappa shape index (κ1) is 14.9. The zero-order valence-electron chi connectivity index (χ0n) is 10.9. The van der Waals surface area contributed by atoms with Gasteiger partial charge in [0.1, 0.15) is 0 Å². The van der Waals surface area contributed by atoms with Gasteiger partial charge in [0.15, 0.2) is 0 Å². The van der Waals surface area contributed by atoms with Crippen LogP contribution in [-0.4, -0.2) is 25.0 Å². The summed E-state index contributed by atoms with van der Waals surface area (Å²) in [5, 5.41) is 2.72. The number of nitrogens with two attached hydrogens (primary N) is 1. The third kappa shape index (κ3) is 5.83. The summed E-state index contributed by atoms with van der Waals surface area (Å²) >= 11 is 0. The lowest BCUT2D eigenvalue weighted by molar-refractivity contribution is -0.137. The zero-order chi connectivity index (χ0) is 14.1. The highest BCUT2D eigenvalue weighted by Crippen LogP contribution is 2.11. The molecule has 1 aromatic carbocycles. The summed E-state index contributed by atoms with van der Waals surface area (Å²) in [5.74, 6) is -0.486. The highest BCUT2D eigenvalue weighted by molar-refractivity contribution is 5.91. The molecule has 0 spiro atoms. The van der Waals surface area contributed by atoms with Crippen LogP contribution in [-0.2, 0) is 14.3 Å². The number of hydrogen-bond acceptors (Lipinski definition) is 4. The Kier molecular flexibility index (Phi) is 6.32. The maximum Gasteiger partial charge on any atom is 0.330 e. The molecule has 0 fully saturated rings. The van der Waals surface area contributed by atoms with E-state index in [1.54, 1.807) is 37.3 Å². The van der Waals surface area contributed by atoms with Crippen LogP contribution in [0.15, 0.2) is 30.3 Å². The first-order valence-corrected chi connectivity index (χ1v) is 6.10. The fourth-order valence-electron chi connectivity index (χ4n) is 1.39. The van der Waals surface area contributed by atoms with Gasteiger partial charge in [-0.25, -0.2) is 4.79 Å². The Balaban J connectivity index is 2.56. The standard InChI is InChI=1S/C14H18N2O3/c1-2-19-14(18)8-5-11-3-6-12(7-4-11)16-13(17)9-10-15/h3-8H,2,9-10,15H2,1H3,(H,16,17)/b8-5+. The molecule has 0 saturated heterocycles. The van der Waals surface area contributed by atoms with E-state index in [0.717, 1.165) is 5.56 Å². The van der Waals surface area contributed by atoms with E-state index in [-0.39, 0.29) is 11.9 Å². The molecule has 0 aromatic heterocycles. The number of carbonyl (C=O) groups excluding carboxylic acids is 2. The summed E-state index contributed by atoms with van der Waals surface area (Å²) in [7, 11) is 0. The van der Waals surface area contributed by atoms with Crippen molar-refractivity contribution in [2.75, 3.05) is 18.5 Å². The van der Waals surface area contributed by atoms with Crippen molar-refractivity contribution < 1.29 is 14.3 Å². The van der Waals surface area contributed by atoms with E-state index in [1.807, 2.05) is 0 Å². The summed E-state index contributed by atoms with van der Waals surface area (Å²) in [6.45, 7) is 2.44. The van der Waals surface area contributed by atoms with Gasteiger partial charge in [0.25, 0.3) is 0 Å². The molecular weight excluding hydrogens is 244 g/mol. The highest BCUT2D eigenvalue weighted by Gasteiger charge is 2.00. The van der Waals surface area contributed by atoms with Crippen molar-refractivity contribution in [1.29, 1.82) is 0 Å². The van der Waals surface area contributed by atoms with E-state index >= 15 is 0 Å². The second kappa shape index (κ2) is 8.05. The van der Waals surface area contributed by atoms with Crippen LogP contribution in [0.5, 0.6) is 0 Å². The Morgan fingerprint density at radius 2 is 2.00 bits per heavy atom. The number of carbonyl (C=O) groups is 2. The van der Waals surface area contributed by atoms with Crippen LogP contribution >= 0.6 is 0 Å². The Morgan fingerprint density at radius 1 is 1.32 bits per heavy atom. The SMILES string of the molecule is CCOC(=O)/C=C/c1ccc(NC(=O)CCN)cc1. The van der Waals surface area contributed by atoms with Gasteiger partial charge in [-0.05, 0) is 30.7 Å². The van der Waals surface area contributed by atoms with Crippen molar-refractivity contribution in [2.45, 2.75) is 13.3 Å². The van der Waals surface area contributed by atoms with Gasteiger partial charge in [-0.1, -0.05) is 12.1 Å². The molecule has 0 radical (unpaired) electrons. The van der Waals surface area contributed by atoms with Crippen molar-refractivity contribution in [2.24, 2.45) is 5.73 Å². The number of esters is 1. The summed E-state index contributed by atoms with van der Waals surface area (Å²) in [6, 6.07) is 7.13. The quantitative estimate of drug-likeness (QED) is 0.602. The maximum atomic E-state index is 11.3. The average Bonchev–Trinajstić information content (AvgIpc) is 2.38. The van der Waals surface area contributed by atoms with Gasteiger partial charge in [0.05, 0.1) is 6.61 Å². The van der Waals surface area contributed by atoms with Gasteiger partial charge in [-0.3, -0.25) is 4.79 Å². The minimum Gasteiger partial charge on any atom is -0.463 e. The normalized spacial score (nSPS) is 10.4. The molecule has 0 aliphatic rings. The molecule has 0 atom stereocenters. The zero-order valence-corrected chi connectivity index (χ0v) is 10.9.